The maximum atomic E-state index is 12.6. The summed E-state index contributed by atoms with van der Waals surface area (Å²) in [5.41, 5.74) is 0. The van der Waals surface area contributed by atoms with Gasteiger partial charge < -0.3 is 20.3 Å². The smallest absolute Gasteiger partial charge is 0.305 e. The molecule has 0 bridgehead atoms. The SMILES string of the molecule is CCCCCCCCC/C=C\CCCCCCCCCC(=O)OCCCCCCCCCCCCCCCCCCCCCCCCCCCCCCCCCCCC(=O)NC(CO)C(O)CCCCCCCCCCCCCCCCCCCCCCC. The molecule has 0 rings (SSSR count). The highest BCUT2D eigenvalue weighted by atomic mass is 16.5. The molecule has 2 unspecified atom stereocenters. The lowest BCUT2D eigenvalue weighted by Gasteiger charge is -2.22. The van der Waals surface area contributed by atoms with Gasteiger partial charge >= 0.3 is 5.97 Å². The molecule has 6 heteroatoms. The van der Waals surface area contributed by atoms with Crippen LogP contribution in [0.2, 0.25) is 0 Å². The second-order valence-electron chi connectivity index (χ2n) is 28.8. The molecule has 0 aromatic rings. The zero-order valence-electron chi connectivity index (χ0n) is 61.0. The van der Waals surface area contributed by atoms with Crippen LogP contribution in [0.5, 0.6) is 0 Å². The van der Waals surface area contributed by atoms with E-state index in [1.165, 1.54) is 411 Å². The highest BCUT2D eigenvalue weighted by Gasteiger charge is 2.20. The molecule has 0 saturated heterocycles. The van der Waals surface area contributed by atoms with E-state index in [4.69, 9.17) is 4.74 Å². The van der Waals surface area contributed by atoms with Gasteiger partial charge in [-0.15, -0.1) is 0 Å². The molecule has 0 radical (unpaired) electrons. The number of allylic oxidation sites excluding steroid dienone is 2. The summed E-state index contributed by atoms with van der Waals surface area (Å²) in [6, 6.07) is -0.538. The van der Waals surface area contributed by atoms with Gasteiger partial charge in [0.15, 0.2) is 0 Å². The van der Waals surface area contributed by atoms with Crippen LogP contribution in [-0.2, 0) is 14.3 Å². The molecule has 0 fully saturated rings. The Morgan fingerprint density at radius 1 is 0.303 bits per heavy atom. The van der Waals surface area contributed by atoms with Crippen molar-refractivity contribution in [2.75, 3.05) is 13.2 Å². The van der Waals surface area contributed by atoms with Crippen LogP contribution in [0, 0.1) is 0 Å². The van der Waals surface area contributed by atoms with Crippen LogP contribution in [0.1, 0.15) is 483 Å². The molecular formula is C83H163NO5. The van der Waals surface area contributed by atoms with Gasteiger partial charge in [0.05, 0.1) is 25.4 Å². The molecule has 530 valence electrons. The maximum Gasteiger partial charge on any atom is 0.305 e. The summed E-state index contributed by atoms with van der Waals surface area (Å²) in [5, 5.41) is 23.5. The summed E-state index contributed by atoms with van der Waals surface area (Å²) in [6.07, 6.45) is 100. The number of carbonyl (C=O) groups is 2. The lowest BCUT2D eigenvalue weighted by atomic mass is 10.0. The van der Waals surface area contributed by atoms with Crippen molar-refractivity contribution in [1.82, 2.24) is 5.32 Å². The maximum absolute atomic E-state index is 12.6. The third-order valence-corrected chi connectivity index (χ3v) is 19.8. The number of hydrogen-bond donors (Lipinski definition) is 3. The van der Waals surface area contributed by atoms with Crippen molar-refractivity contribution in [2.24, 2.45) is 0 Å². The summed E-state index contributed by atoms with van der Waals surface area (Å²) in [6.45, 7) is 5.01. The Hall–Kier alpha value is -1.40. The predicted molar refractivity (Wildman–Crippen MR) is 394 cm³/mol. The standard InChI is InChI=1S/C83H163NO5/c1-3-5-7-9-11-13-15-17-19-21-23-37-40-43-47-51-55-59-63-67-71-75-81(86)80(79-85)84-82(87)76-72-68-64-60-56-52-48-44-41-38-35-33-31-29-27-25-24-26-28-30-32-34-36-39-42-46-50-54-58-62-66-70-74-78-89-83(88)77-73-69-65-61-57-53-49-45-22-20-18-16-14-12-10-8-6-4-2/h20,22,80-81,85-86H,3-19,21,23-79H2,1-2H3,(H,84,87)/b22-20-. The number of unbranched alkanes of at least 4 members (excludes halogenated alkanes) is 66. The first kappa shape index (κ1) is 87.6. The van der Waals surface area contributed by atoms with Crippen LogP contribution in [0.15, 0.2) is 12.2 Å². The van der Waals surface area contributed by atoms with E-state index in [-0.39, 0.29) is 18.5 Å². The topological polar surface area (TPSA) is 95.9 Å². The van der Waals surface area contributed by atoms with Gasteiger partial charge in [0, 0.05) is 12.8 Å². The number of aliphatic hydroxyl groups is 2. The molecule has 1 amide bonds. The third-order valence-electron chi connectivity index (χ3n) is 19.8. The van der Waals surface area contributed by atoms with Crippen molar-refractivity contribution in [3.05, 3.63) is 12.2 Å². The highest BCUT2D eigenvalue weighted by molar-refractivity contribution is 5.76. The minimum Gasteiger partial charge on any atom is -0.466 e. The fraction of sp³-hybridized carbons (Fsp3) is 0.952. The van der Waals surface area contributed by atoms with Gasteiger partial charge in [0.25, 0.3) is 0 Å². The zero-order valence-corrected chi connectivity index (χ0v) is 61.0. The summed E-state index contributed by atoms with van der Waals surface area (Å²) in [7, 11) is 0. The quantitative estimate of drug-likeness (QED) is 0.0320. The van der Waals surface area contributed by atoms with Crippen molar-refractivity contribution in [3.8, 4) is 0 Å². The summed E-state index contributed by atoms with van der Waals surface area (Å²) < 4.78 is 5.52. The molecule has 0 aromatic carbocycles. The largest absolute Gasteiger partial charge is 0.466 e. The molecule has 0 spiro atoms. The van der Waals surface area contributed by atoms with Gasteiger partial charge in [-0.25, -0.2) is 0 Å². The van der Waals surface area contributed by atoms with Crippen LogP contribution < -0.4 is 5.32 Å². The van der Waals surface area contributed by atoms with Crippen molar-refractivity contribution >= 4 is 11.9 Å². The van der Waals surface area contributed by atoms with Gasteiger partial charge in [-0.2, -0.15) is 0 Å². The minimum atomic E-state index is -0.661. The number of nitrogens with one attached hydrogen (secondary N) is 1. The lowest BCUT2D eigenvalue weighted by Crippen LogP contribution is -2.45. The van der Waals surface area contributed by atoms with Crippen molar-refractivity contribution in [2.45, 2.75) is 495 Å². The number of amides is 1. The van der Waals surface area contributed by atoms with Crippen LogP contribution >= 0.6 is 0 Å². The van der Waals surface area contributed by atoms with Crippen LogP contribution in [-0.4, -0.2) is 47.4 Å². The fourth-order valence-corrected chi connectivity index (χ4v) is 13.5. The van der Waals surface area contributed by atoms with E-state index in [2.05, 4.69) is 31.3 Å². The zero-order chi connectivity index (χ0) is 64.2. The van der Waals surface area contributed by atoms with E-state index in [1.54, 1.807) is 0 Å². The Bertz CT molecular complexity index is 1350. The molecule has 0 aliphatic heterocycles. The Kier molecular flexibility index (Phi) is 77.8. The summed E-state index contributed by atoms with van der Waals surface area (Å²) >= 11 is 0. The third kappa shape index (κ3) is 75.5. The average molecular weight is 1260 g/mol. The Balaban J connectivity index is 3.31. The molecule has 0 heterocycles. The normalized spacial score (nSPS) is 12.4. The van der Waals surface area contributed by atoms with Gasteiger partial charge in [-0.3, -0.25) is 9.59 Å². The molecule has 0 aromatic heterocycles. The average Bonchev–Trinajstić information content (AvgIpc) is 3.55. The van der Waals surface area contributed by atoms with E-state index < -0.39 is 12.1 Å². The first-order valence-corrected chi connectivity index (χ1v) is 41.4. The van der Waals surface area contributed by atoms with E-state index in [0.717, 1.165) is 38.5 Å². The number of hydrogen-bond acceptors (Lipinski definition) is 5. The van der Waals surface area contributed by atoms with Gasteiger partial charge in [0.1, 0.15) is 0 Å². The van der Waals surface area contributed by atoms with Gasteiger partial charge in [0.2, 0.25) is 5.91 Å². The molecule has 0 aliphatic rings. The molecular weight excluding hydrogens is 1090 g/mol. The molecule has 89 heavy (non-hydrogen) atoms. The van der Waals surface area contributed by atoms with E-state index >= 15 is 0 Å². The van der Waals surface area contributed by atoms with Crippen molar-refractivity contribution < 1.29 is 24.5 Å². The summed E-state index contributed by atoms with van der Waals surface area (Å²) in [4.78, 5) is 24.7. The summed E-state index contributed by atoms with van der Waals surface area (Å²) in [5.74, 6) is -0.00403. The van der Waals surface area contributed by atoms with Crippen LogP contribution in [0.25, 0.3) is 0 Å². The second kappa shape index (κ2) is 79.0. The Morgan fingerprint density at radius 2 is 0.528 bits per heavy atom. The second-order valence-corrected chi connectivity index (χ2v) is 28.8. The molecule has 3 N–H and O–H groups in total. The predicted octanol–water partition coefficient (Wildman–Crippen LogP) is 27.4. The van der Waals surface area contributed by atoms with Gasteiger partial charge in [-0.05, 0) is 51.4 Å². The molecule has 6 nitrogen and oxygen atoms in total. The van der Waals surface area contributed by atoms with E-state index in [9.17, 15) is 19.8 Å². The number of esters is 1. The molecule has 2 atom stereocenters. The molecule has 0 saturated carbocycles. The minimum absolute atomic E-state index is 0.0202. The van der Waals surface area contributed by atoms with E-state index in [1.807, 2.05) is 0 Å². The lowest BCUT2D eigenvalue weighted by molar-refractivity contribution is -0.143. The van der Waals surface area contributed by atoms with Crippen LogP contribution in [0.4, 0.5) is 0 Å². The van der Waals surface area contributed by atoms with Crippen molar-refractivity contribution in [1.29, 1.82) is 0 Å². The van der Waals surface area contributed by atoms with Crippen molar-refractivity contribution in [3.63, 3.8) is 0 Å². The van der Waals surface area contributed by atoms with Gasteiger partial charge in [-0.1, -0.05) is 431 Å². The Morgan fingerprint density at radius 3 is 0.798 bits per heavy atom. The first-order chi connectivity index (χ1) is 44.0. The monoisotopic (exact) mass is 1250 g/mol. The number of carbonyl (C=O) groups excluding carboxylic acids is 2. The molecule has 0 aliphatic carbocycles. The van der Waals surface area contributed by atoms with Crippen LogP contribution in [0.3, 0.4) is 0 Å². The number of aliphatic hydroxyl groups excluding tert-OH is 2. The Labute approximate surface area is 559 Å². The number of ether oxygens (including phenoxy) is 1. The fourth-order valence-electron chi connectivity index (χ4n) is 13.5. The first-order valence-electron chi connectivity index (χ1n) is 41.4. The highest BCUT2D eigenvalue weighted by Crippen LogP contribution is 2.21. The number of rotatable bonds is 79. The van der Waals surface area contributed by atoms with E-state index in [0.29, 0.717) is 25.9 Å².